The highest BCUT2D eigenvalue weighted by Gasteiger charge is 2.25. The standard InChI is InChI=1S/C20H24N4O3/c1-26-17-7-6-15(12-18(17)27-2)20(25)24-10-8-23(9-11-24)19-13-14-4-3-5-16(14)21-22-19/h6-7,12-13H,3-5,8-11H2,1-2H3. The summed E-state index contributed by atoms with van der Waals surface area (Å²) in [7, 11) is 3.16. The van der Waals surface area contributed by atoms with Gasteiger partial charge < -0.3 is 19.3 Å². The van der Waals surface area contributed by atoms with E-state index in [1.165, 1.54) is 12.0 Å². The van der Waals surface area contributed by atoms with Crippen molar-refractivity contribution in [2.24, 2.45) is 0 Å². The Labute approximate surface area is 158 Å². The van der Waals surface area contributed by atoms with Crippen LogP contribution in [-0.4, -0.2) is 61.4 Å². The van der Waals surface area contributed by atoms with E-state index in [4.69, 9.17) is 9.47 Å². The number of amides is 1. The Balaban J connectivity index is 1.42. The van der Waals surface area contributed by atoms with E-state index in [1.54, 1.807) is 32.4 Å². The summed E-state index contributed by atoms with van der Waals surface area (Å²) in [5.41, 5.74) is 3.07. The molecular formula is C20H24N4O3. The average Bonchev–Trinajstić information content (AvgIpc) is 3.20. The zero-order valence-corrected chi connectivity index (χ0v) is 15.8. The minimum Gasteiger partial charge on any atom is -0.493 e. The Morgan fingerprint density at radius 1 is 0.963 bits per heavy atom. The van der Waals surface area contributed by atoms with Gasteiger partial charge in [0.25, 0.3) is 5.91 Å². The fraction of sp³-hybridized carbons (Fsp3) is 0.450. The number of methoxy groups -OCH3 is 2. The van der Waals surface area contributed by atoms with Crippen LogP contribution in [0.15, 0.2) is 24.3 Å². The molecule has 2 aromatic rings. The number of nitrogens with zero attached hydrogens (tertiary/aromatic N) is 4. The Bertz CT molecular complexity index is 847. The third kappa shape index (κ3) is 3.41. The van der Waals surface area contributed by atoms with Gasteiger partial charge in [0.05, 0.1) is 19.9 Å². The van der Waals surface area contributed by atoms with Crippen molar-refractivity contribution in [3.63, 3.8) is 0 Å². The first-order valence-corrected chi connectivity index (χ1v) is 9.31. The Morgan fingerprint density at radius 3 is 2.48 bits per heavy atom. The summed E-state index contributed by atoms with van der Waals surface area (Å²) >= 11 is 0. The van der Waals surface area contributed by atoms with Gasteiger partial charge in [0.15, 0.2) is 17.3 Å². The van der Waals surface area contributed by atoms with E-state index in [9.17, 15) is 4.79 Å². The molecule has 1 saturated heterocycles. The van der Waals surface area contributed by atoms with Gasteiger partial charge in [-0.1, -0.05) is 0 Å². The number of ether oxygens (including phenoxy) is 2. The van der Waals surface area contributed by atoms with Gasteiger partial charge in [-0.25, -0.2) is 0 Å². The highest BCUT2D eigenvalue weighted by molar-refractivity contribution is 5.95. The lowest BCUT2D eigenvalue weighted by Gasteiger charge is -2.35. The maximum absolute atomic E-state index is 12.8. The first-order valence-electron chi connectivity index (χ1n) is 9.31. The van der Waals surface area contributed by atoms with Crippen molar-refractivity contribution in [3.8, 4) is 11.5 Å². The van der Waals surface area contributed by atoms with Crippen LogP contribution in [0.5, 0.6) is 11.5 Å². The van der Waals surface area contributed by atoms with E-state index in [0.717, 1.165) is 37.4 Å². The van der Waals surface area contributed by atoms with Crippen molar-refractivity contribution in [2.45, 2.75) is 19.3 Å². The number of piperazine rings is 1. The molecule has 7 nitrogen and oxygen atoms in total. The Hall–Kier alpha value is -2.83. The summed E-state index contributed by atoms with van der Waals surface area (Å²) in [5, 5.41) is 8.76. The van der Waals surface area contributed by atoms with Crippen LogP contribution in [-0.2, 0) is 12.8 Å². The minimum absolute atomic E-state index is 0.00985. The molecular weight excluding hydrogens is 344 g/mol. The van der Waals surface area contributed by atoms with E-state index >= 15 is 0 Å². The second-order valence-electron chi connectivity index (χ2n) is 6.88. The number of anilines is 1. The number of aryl methyl sites for hydroxylation is 2. The summed E-state index contributed by atoms with van der Waals surface area (Å²) in [6.45, 7) is 2.83. The van der Waals surface area contributed by atoms with E-state index < -0.39 is 0 Å². The molecule has 2 aliphatic rings. The normalized spacial score (nSPS) is 16.2. The molecule has 27 heavy (non-hydrogen) atoms. The van der Waals surface area contributed by atoms with E-state index in [2.05, 4.69) is 21.2 Å². The quantitative estimate of drug-likeness (QED) is 0.822. The van der Waals surface area contributed by atoms with Crippen LogP contribution in [0.25, 0.3) is 0 Å². The minimum atomic E-state index is 0.00985. The van der Waals surface area contributed by atoms with Crippen molar-refractivity contribution in [1.29, 1.82) is 0 Å². The maximum Gasteiger partial charge on any atom is 0.254 e. The zero-order chi connectivity index (χ0) is 18.8. The van der Waals surface area contributed by atoms with E-state index in [-0.39, 0.29) is 5.91 Å². The van der Waals surface area contributed by atoms with Crippen LogP contribution in [0.1, 0.15) is 28.0 Å². The van der Waals surface area contributed by atoms with E-state index in [0.29, 0.717) is 30.2 Å². The molecule has 1 amide bonds. The van der Waals surface area contributed by atoms with Gasteiger partial charge in [-0.3, -0.25) is 4.79 Å². The fourth-order valence-corrected chi connectivity index (χ4v) is 3.76. The van der Waals surface area contributed by atoms with Crippen molar-refractivity contribution in [3.05, 3.63) is 41.1 Å². The molecule has 1 aliphatic carbocycles. The number of aromatic nitrogens is 2. The molecule has 142 valence electrons. The summed E-state index contributed by atoms with van der Waals surface area (Å²) < 4.78 is 10.5. The van der Waals surface area contributed by atoms with Crippen molar-refractivity contribution in [1.82, 2.24) is 15.1 Å². The third-order valence-corrected chi connectivity index (χ3v) is 5.33. The predicted molar refractivity (Wildman–Crippen MR) is 102 cm³/mol. The highest BCUT2D eigenvalue weighted by atomic mass is 16.5. The molecule has 0 radical (unpaired) electrons. The summed E-state index contributed by atoms with van der Waals surface area (Å²) in [6, 6.07) is 7.45. The fourth-order valence-electron chi connectivity index (χ4n) is 3.76. The molecule has 0 N–H and O–H groups in total. The van der Waals surface area contributed by atoms with Gasteiger partial charge in [-0.2, -0.15) is 5.10 Å². The van der Waals surface area contributed by atoms with Gasteiger partial charge in [-0.15, -0.1) is 5.10 Å². The van der Waals surface area contributed by atoms with Crippen molar-refractivity contribution >= 4 is 11.7 Å². The molecule has 0 bridgehead atoms. The predicted octanol–water partition coefficient (Wildman–Crippen LogP) is 1.94. The molecule has 1 fully saturated rings. The van der Waals surface area contributed by atoms with Crippen LogP contribution >= 0.6 is 0 Å². The van der Waals surface area contributed by atoms with Gasteiger partial charge in [0.2, 0.25) is 0 Å². The molecule has 1 aromatic heterocycles. The topological polar surface area (TPSA) is 67.8 Å². The summed E-state index contributed by atoms with van der Waals surface area (Å²) in [5.74, 6) is 2.12. The Kier molecular flexibility index (Phi) is 4.83. The smallest absolute Gasteiger partial charge is 0.254 e. The zero-order valence-electron chi connectivity index (χ0n) is 15.8. The number of carbonyl (C=O) groups is 1. The van der Waals surface area contributed by atoms with Gasteiger partial charge in [-0.05, 0) is 49.1 Å². The lowest BCUT2D eigenvalue weighted by molar-refractivity contribution is 0.0746. The summed E-state index contributed by atoms with van der Waals surface area (Å²) in [6.07, 6.45) is 3.30. The maximum atomic E-state index is 12.8. The number of fused-ring (bicyclic) bond motifs is 1. The molecule has 0 spiro atoms. The van der Waals surface area contributed by atoms with Crippen LogP contribution < -0.4 is 14.4 Å². The van der Waals surface area contributed by atoms with Gasteiger partial charge in [0, 0.05) is 31.7 Å². The number of benzene rings is 1. The Morgan fingerprint density at radius 2 is 1.74 bits per heavy atom. The average molecular weight is 368 g/mol. The van der Waals surface area contributed by atoms with Crippen molar-refractivity contribution in [2.75, 3.05) is 45.3 Å². The lowest BCUT2D eigenvalue weighted by Crippen LogP contribution is -2.49. The van der Waals surface area contributed by atoms with Crippen LogP contribution in [0.2, 0.25) is 0 Å². The second-order valence-corrected chi connectivity index (χ2v) is 6.88. The second kappa shape index (κ2) is 7.42. The molecule has 0 saturated carbocycles. The first-order chi connectivity index (χ1) is 13.2. The lowest BCUT2D eigenvalue weighted by atomic mass is 10.1. The number of hydrogen-bond acceptors (Lipinski definition) is 6. The molecule has 4 rings (SSSR count). The SMILES string of the molecule is COc1ccc(C(=O)N2CCN(c3cc4c(nn3)CCC4)CC2)cc1OC. The van der Waals surface area contributed by atoms with Crippen LogP contribution in [0, 0.1) is 0 Å². The third-order valence-electron chi connectivity index (χ3n) is 5.33. The first kappa shape index (κ1) is 17.6. The molecule has 0 unspecified atom stereocenters. The number of carbonyl (C=O) groups excluding carboxylic acids is 1. The molecule has 1 aliphatic heterocycles. The monoisotopic (exact) mass is 368 g/mol. The van der Waals surface area contributed by atoms with Gasteiger partial charge in [0.1, 0.15) is 0 Å². The molecule has 1 aromatic carbocycles. The van der Waals surface area contributed by atoms with Crippen LogP contribution in [0.3, 0.4) is 0 Å². The van der Waals surface area contributed by atoms with E-state index in [1.807, 2.05) is 4.90 Å². The molecule has 0 atom stereocenters. The summed E-state index contributed by atoms with van der Waals surface area (Å²) in [4.78, 5) is 16.9. The number of hydrogen-bond donors (Lipinski definition) is 0. The van der Waals surface area contributed by atoms with Gasteiger partial charge >= 0.3 is 0 Å². The van der Waals surface area contributed by atoms with Crippen molar-refractivity contribution < 1.29 is 14.3 Å². The van der Waals surface area contributed by atoms with Crippen LogP contribution in [0.4, 0.5) is 5.82 Å². The number of rotatable bonds is 4. The molecule has 2 heterocycles. The largest absolute Gasteiger partial charge is 0.493 e. The highest BCUT2D eigenvalue weighted by Crippen LogP contribution is 2.28. The molecule has 7 heteroatoms.